The number of carbonyl (C=O) groups excluding carboxylic acids is 2. The van der Waals surface area contributed by atoms with Crippen molar-refractivity contribution in [3.05, 3.63) is 88.0 Å². The minimum atomic E-state index is -0.982. The zero-order chi connectivity index (χ0) is 25.0. The topological polar surface area (TPSA) is 130 Å². The Morgan fingerprint density at radius 3 is 2.15 bits per heavy atom. The summed E-state index contributed by atoms with van der Waals surface area (Å²) in [5.74, 6) is -1.16. The van der Waals surface area contributed by atoms with Gasteiger partial charge in [0, 0.05) is 17.2 Å². The van der Waals surface area contributed by atoms with Gasteiger partial charge in [0.2, 0.25) is 5.78 Å². The number of carboxylic acids is 1. The number of hydrogen-bond donors (Lipinski definition) is 3. The van der Waals surface area contributed by atoms with Gasteiger partial charge in [0.1, 0.15) is 11.5 Å². The number of benzene rings is 3. The summed E-state index contributed by atoms with van der Waals surface area (Å²) in [4.78, 5) is 35.0. The van der Waals surface area contributed by atoms with Crippen LogP contribution >= 0.6 is 0 Å². The fourth-order valence-corrected chi connectivity index (χ4v) is 3.55. The molecule has 3 aromatic carbocycles. The van der Waals surface area contributed by atoms with E-state index in [-0.39, 0.29) is 39.5 Å². The molecule has 8 heteroatoms. The zero-order valence-corrected chi connectivity index (χ0v) is 18.7. The molecule has 0 unspecified atom stereocenters. The molecule has 4 rings (SSSR count). The first-order chi connectivity index (χ1) is 16.2. The Kier molecular flexibility index (Phi) is 7.01. The number of hydrogen-bond acceptors (Lipinski definition) is 7. The first-order valence-electron chi connectivity index (χ1n) is 10.1. The lowest BCUT2D eigenvalue weighted by molar-refractivity contribution is -0.131. The number of carboxylic acid groups (broad SMARTS) is 1. The second-order valence-corrected chi connectivity index (χ2v) is 7.35. The van der Waals surface area contributed by atoms with Crippen LogP contribution in [-0.2, 0) is 4.79 Å². The van der Waals surface area contributed by atoms with Crippen molar-refractivity contribution in [3.63, 3.8) is 0 Å². The molecule has 34 heavy (non-hydrogen) atoms. The largest absolute Gasteiger partial charge is 0.507 e. The van der Waals surface area contributed by atoms with Crippen LogP contribution in [0.25, 0.3) is 6.08 Å². The van der Waals surface area contributed by atoms with Crippen LogP contribution in [0.15, 0.2) is 54.6 Å². The van der Waals surface area contributed by atoms with Gasteiger partial charge in [-0.3, -0.25) is 9.59 Å². The fraction of sp³-hybridized carbons (Fsp3) is 0.115. The van der Waals surface area contributed by atoms with Crippen molar-refractivity contribution in [2.45, 2.75) is 6.92 Å². The average molecular weight is 462 g/mol. The van der Waals surface area contributed by atoms with Crippen molar-refractivity contribution in [2.24, 2.45) is 0 Å². The van der Waals surface area contributed by atoms with Crippen LogP contribution in [0.5, 0.6) is 23.0 Å². The highest BCUT2D eigenvalue weighted by Gasteiger charge is 2.34. The van der Waals surface area contributed by atoms with Gasteiger partial charge in [-0.25, -0.2) is 4.79 Å². The fourth-order valence-electron chi connectivity index (χ4n) is 3.55. The summed E-state index contributed by atoms with van der Waals surface area (Å²) in [6.45, 7) is 1.73. The van der Waals surface area contributed by atoms with Crippen LogP contribution in [0, 0.1) is 6.92 Å². The summed E-state index contributed by atoms with van der Waals surface area (Å²) < 4.78 is 10.1. The molecule has 0 atom stereocenters. The molecule has 8 nitrogen and oxygen atoms in total. The van der Waals surface area contributed by atoms with Crippen molar-refractivity contribution in [1.82, 2.24) is 0 Å². The minimum Gasteiger partial charge on any atom is -0.507 e. The Bertz CT molecular complexity index is 1320. The molecule has 0 heterocycles. The van der Waals surface area contributed by atoms with E-state index in [1.807, 2.05) is 0 Å². The van der Waals surface area contributed by atoms with Gasteiger partial charge in [-0.1, -0.05) is 18.2 Å². The average Bonchev–Trinajstić information content (AvgIpc) is 2.80. The zero-order valence-electron chi connectivity index (χ0n) is 18.7. The van der Waals surface area contributed by atoms with Gasteiger partial charge < -0.3 is 24.8 Å². The number of aryl methyl sites for hydroxylation is 1. The SMILES string of the molecule is COc1ccc(C=CC(=O)O)cc1OC.Cc1cc(O)c2c(c1)C(=O)c1cccc(O)c1C2=O. The predicted octanol–water partition coefficient (Wildman–Crippen LogP) is 3.98. The first kappa shape index (κ1) is 24.1. The van der Waals surface area contributed by atoms with Crippen LogP contribution in [0.1, 0.15) is 43.0 Å². The molecule has 0 saturated heterocycles. The number of rotatable bonds is 4. The van der Waals surface area contributed by atoms with Crippen molar-refractivity contribution in [3.8, 4) is 23.0 Å². The third-order valence-corrected chi connectivity index (χ3v) is 5.07. The molecule has 0 aromatic heterocycles. The molecule has 0 fully saturated rings. The van der Waals surface area contributed by atoms with Crippen LogP contribution in [-0.4, -0.2) is 47.1 Å². The standard InChI is InChI=1S/C15H10O4.C11H12O4/c1-7-5-9-13(11(17)6-7)15(19)12-8(14(9)18)3-2-4-10(12)16;1-14-9-5-3-8(4-6-11(12)13)7-10(9)15-2/h2-6,16-17H,1H3;3-7H,1-2H3,(H,12,13). The number of ether oxygens (including phenoxy) is 2. The maximum absolute atomic E-state index is 12.3. The Balaban J connectivity index is 0.000000197. The Labute approximate surface area is 195 Å². The van der Waals surface area contributed by atoms with Crippen molar-refractivity contribution in [1.29, 1.82) is 0 Å². The van der Waals surface area contributed by atoms with E-state index in [1.165, 1.54) is 37.5 Å². The lowest BCUT2D eigenvalue weighted by Gasteiger charge is -2.19. The Morgan fingerprint density at radius 1 is 0.824 bits per heavy atom. The summed E-state index contributed by atoms with van der Waals surface area (Å²) in [7, 11) is 3.08. The molecule has 0 saturated carbocycles. The van der Waals surface area contributed by atoms with E-state index in [2.05, 4.69) is 0 Å². The summed E-state index contributed by atoms with van der Waals surface area (Å²) in [5, 5.41) is 28.1. The maximum atomic E-state index is 12.3. The molecule has 1 aliphatic carbocycles. The molecule has 0 spiro atoms. The molecule has 3 aromatic rings. The van der Waals surface area contributed by atoms with Crippen molar-refractivity contribution < 1.29 is 39.2 Å². The molecule has 0 aliphatic heterocycles. The Hall–Kier alpha value is -4.59. The van der Waals surface area contributed by atoms with Crippen molar-refractivity contribution in [2.75, 3.05) is 14.2 Å². The summed E-state index contributed by atoms with van der Waals surface area (Å²) in [6, 6.07) is 12.5. The molecule has 0 amide bonds. The summed E-state index contributed by atoms with van der Waals surface area (Å²) in [5.41, 5.74) is 1.71. The van der Waals surface area contributed by atoms with Gasteiger partial charge >= 0.3 is 5.97 Å². The van der Waals surface area contributed by atoms with Gasteiger partial charge in [0.25, 0.3) is 0 Å². The Morgan fingerprint density at radius 2 is 1.50 bits per heavy atom. The molecule has 174 valence electrons. The molecule has 3 N–H and O–H groups in total. The van der Waals surface area contributed by atoms with Crippen LogP contribution in [0.4, 0.5) is 0 Å². The third-order valence-electron chi connectivity index (χ3n) is 5.07. The number of phenols is 2. The smallest absolute Gasteiger partial charge is 0.328 e. The first-order valence-corrected chi connectivity index (χ1v) is 10.1. The number of ketones is 2. The molecule has 1 aliphatic rings. The number of aliphatic carboxylic acids is 1. The van der Waals surface area contributed by atoms with Crippen LogP contribution < -0.4 is 9.47 Å². The highest BCUT2D eigenvalue weighted by molar-refractivity contribution is 6.30. The van der Waals surface area contributed by atoms with Gasteiger partial charge in [-0.15, -0.1) is 0 Å². The number of methoxy groups -OCH3 is 2. The van der Waals surface area contributed by atoms with E-state index in [0.29, 0.717) is 17.1 Å². The number of carbonyl (C=O) groups is 3. The van der Waals surface area contributed by atoms with Crippen molar-refractivity contribution >= 4 is 23.6 Å². The van der Waals surface area contributed by atoms with Gasteiger partial charge in [-0.05, 0) is 54.5 Å². The van der Waals surface area contributed by atoms with E-state index in [9.17, 15) is 24.6 Å². The second kappa shape index (κ2) is 9.91. The minimum absolute atomic E-state index is 0.0374. The quantitative estimate of drug-likeness (QED) is 0.388. The molecular formula is C26H22O8. The predicted molar refractivity (Wildman–Crippen MR) is 124 cm³/mol. The van der Waals surface area contributed by atoms with E-state index in [4.69, 9.17) is 14.6 Å². The van der Waals surface area contributed by atoms with E-state index < -0.39 is 11.8 Å². The van der Waals surface area contributed by atoms with Crippen LogP contribution in [0.3, 0.4) is 0 Å². The van der Waals surface area contributed by atoms with E-state index >= 15 is 0 Å². The molecule has 0 radical (unpaired) electrons. The van der Waals surface area contributed by atoms with Gasteiger partial charge in [-0.2, -0.15) is 0 Å². The number of fused-ring (bicyclic) bond motifs is 2. The van der Waals surface area contributed by atoms with Gasteiger partial charge in [0.15, 0.2) is 17.3 Å². The van der Waals surface area contributed by atoms with E-state index in [1.54, 1.807) is 38.3 Å². The molecule has 0 bridgehead atoms. The van der Waals surface area contributed by atoms with Gasteiger partial charge in [0.05, 0.1) is 25.3 Å². The number of aromatic hydroxyl groups is 2. The highest BCUT2D eigenvalue weighted by Crippen LogP contribution is 2.36. The highest BCUT2D eigenvalue weighted by atomic mass is 16.5. The summed E-state index contributed by atoms with van der Waals surface area (Å²) >= 11 is 0. The summed E-state index contributed by atoms with van der Waals surface area (Å²) in [6.07, 6.45) is 2.56. The monoisotopic (exact) mass is 462 g/mol. The molecular weight excluding hydrogens is 440 g/mol. The lowest BCUT2D eigenvalue weighted by Crippen LogP contribution is -2.21. The normalized spacial score (nSPS) is 11.9. The van der Waals surface area contributed by atoms with Crippen LogP contribution in [0.2, 0.25) is 0 Å². The third kappa shape index (κ3) is 4.75. The second-order valence-electron chi connectivity index (χ2n) is 7.35. The number of phenolic OH excluding ortho intramolecular Hbond substituents is 2. The van der Waals surface area contributed by atoms with E-state index in [0.717, 1.165) is 11.6 Å². The lowest BCUT2D eigenvalue weighted by atomic mass is 9.82. The maximum Gasteiger partial charge on any atom is 0.328 e.